The molecule has 0 saturated heterocycles. The van der Waals surface area contributed by atoms with E-state index >= 15 is 0 Å². The number of carbonyl (C=O) groups is 3. The van der Waals surface area contributed by atoms with Crippen molar-refractivity contribution in [3.05, 3.63) is 41.5 Å². The smallest absolute Gasteiger partial charge is 0.307 e. The van der Waals surface area contributed by atoms with Crippen LogP contribution in [0.1, 0.15) is 35.2 Å². The molecule has 0 unspecified atom stereocenters. The summed E-state index contributed by atoms with van der Waals surface area (Å²) in [7, 11) is 0. The molecule has 0 aliphatic rings. The predicted octanol–water partition coefficient (Wildman–Crippen LogP) is 2.22. The van der Waals surface area contributed by atoms with Gasteiger partial charge in [-0.25, -0.2) is 0 Å². The average Bonchev–Trinajstić information content (AvgIpc) is 2.36. The third-order valence-corrected chi connectivity index (χ3v) is 2.40. The molecule has 2 N–H and O–H groups in total. The van der Waals surface area contributed by atoms with E-state index in [1.54, 1.807) is 30.3 Å². The van der Waals surface area contributed by atoms with Crippen LogP contribution in [-0.2, 0) is 9.59 Å². The molecule has 100 valence electrons. The molecule has 5 nitrogen and oxygen atoms in total. The van der Waals surface area contributed by atoms with Crippen molar-refractivity contribution in [1.82, 2.24) is 0 Å². The van der Waals surface area contributed by atoms with Gasteiger partial charge in [0.05, 0.1) is 12.8 Å². The van der Waals surface area contributed by atoms with Gasteiger partial charge < -0.3 is 10.2 Å². The Labute approximate surface area is 110 Å². The van der Waals surface area contributed by atoms with Gasteiger partial charge in [-0.1, -0.05) is 36.4 Å². The number of hydrogen-bond acceptors (Lipinski definition) is 3. The van der Waals surface area contributed by atoms with E-state index in [2.05, 4.69) is 0 Å². The Bertz CT molecular complexity index is 499. The fraction of sp³-hybridized carbons (Fsp3) is 0.214. The summed E-state index contributed by atoms with van der Waals surface area (Å²) in [6.07, 6.45) is 2.91. The monoisotopic (exact) mass is 262 g/mol. The van der Waals surface area contributed by atoms with Crippen LogP contribution in [0.15, 0.2) is 30.3 Å². The van der Waals surface area contributed by atoms with Crippen LogP contribution in [0.4, 0.5) is 0 Å². The van der Waals surface area contributed by atoms with E-state index in [9.17, 15) is 14.4 Å². The Hall–Kier alpha value is -2.43. The molecule has 0 aliphatic carbocycles. The number of benzene rings is 1. The topological polar surface area (TPSA) is 91.7 Å². The van der Waals surface area contributed by atoms with Crippen LogP contribution in [0, 0.1) is 0 Å². The van der Waals surface area contributed by atoms with E-state index in [0.29, 0.717) is 5.56 Å². The first-order valence-corrected chi connectivity index (χ1v) is 5.72. The molecule has 19 heavy (non-hydrogen) atoms. The number of carboxylic acids is 2. The third kappa shape index (κ3) is 5.63. The number of carboxylic acid groups (broad SMARTS) is 2. The van der Waals surface area contributed by atoms with Crippen LogP contribution >= 0.6 is 0 Å². The van der Waals surface area contributed by atoms with Crippen molar-refractivity contribution in [1.29, 1.82) is 0 Å². The summed E-state index contributed by atoms with van der Waals surface area (Å²) in [6.45, 7) is 0. The zero-order chi connectivity index (χ0) is 14.3. The Kier molecular flexibility index (Phi) is 5.47. The molecule has 1 rings (SSSR count). The first-order valence-electron chi connectivity index (χ1n) is 5.72. The highest BCUT2D eigenvalue weighted by molar-refractivity contribution is 5.97. The number of aliphatic carboxylic acids is 2. The van der Waals surface area contributed by atoms with Crippen LogP contribution in [0.3, 0.4) is 0 Å². The molecule has 0 atom stereocenters. The number of Topliss-reactive ketones (excluding diaryl/α,β-unsaturated/α-hetero) is 1. The fourth-order valence-electron chi connectivity index (χ4n) is 1.44. The summed E-state index contributed by atoms with van der Waals surface area (Å²) in [5, 5.41) is 17.0. The van der Waals surface area contributed by atoms with Gasteiger partial charge in [-0.15, -0.1) is 0 Å². The van der Waals surface area contributed by atoms with Crippen molar-refractivity contribution < 1.29 is 24.6 Å². The van der Waals surface area contributed by atoms with E-state index in [4.69, 9.17) is 10.2 Å². The third-order valence-electron chi connectivity index (χ3n) is 2.40. The highest BCUT2D eigenvalue weighted by Gasteiger charge is 2.07. The average molecular weight is 262 g/mol. The van der Waals surface area contributed by atoms with Crippen molar-refractivity contribution in [3.63, 3.8) is 0 Å². The summed E-state index contributed by atoms with van der Waals surface area (Å²) < 4.78 is 0. The second-order valence-corrected chi connectivity index (χ2v) is 3.94. The molecular formula is C14H14O5. The molecule has 0 spiro atoms. The number of rotatable bonds is 7. The van der Waals surface area contributed by atoms with Gasteiger partial charge in [-0.3, -0.25) is 14.4 Å². The van der Waals surface area contributed by atoms with E-state index in [-0.39, 0.29) is 25.0 Å². The van der Waals surface area contributed by atoms with Crippen LogP contribution < -0.4 is 0 Å². The van der Waals surface area contributed by atoms with Gasteiger partial charge in [0, 0.05) is 12.0 Å². The maximum absolute atomic E-state index is 11.6. The zero-order valence-corrected chi connectivity index (χ0v) is 10.2. The zero-order valence-electron chi connectivity index (χ0n) is 10.2. The molecule has 5 heteroatoms. The molecule has 0 saturated carbocycles. The lowest BCUT2D eigenvalue weighted by Gasteiger charge is -2.00. The quantitative estimate of drug-likeness (QED) is 0.735. The first-order chi connectivity index (χ1) is 8.99. The number of carbonyl (C=O) groups excluding carboxylic acids is 1. The maximum atomic E-state index is 11.6. The molecular weight excluding hydrogens is 248 g/mol. The second kappa shape index (κ2) is 7.10. The van der Waals surface area contributed by atoms with Crippen LogP contribution in [0.25, 0.3) is 6.08 Å². The predicted molar refractivity (Wildman–Crippen MR) is 68.9 cm³/mol. The van der Waals surface area contributed by atoms with Crippen molar-refractivity contribution in [2.75, 3.05) is 0 Å². The van der Waals surface area contributed by atoms with Gasteiger partial charge in [-0.2, -0.15) is 0 Å². The summed E-state index contributed by atoms with van der Waals surface area (Å²) in [5.41, 5.74) is 1.24. The van der Waals surface area contributed by atoms with Gasteiger partial charge in [0.25, 0.3) is 0 Å². The van der Waals surface area contributed by atoms with Gasteiger partial charge in [0.2, 0.25) is 0 Å². The van der Waals surface area contributed by atoms with Crippen molar-refractivity contribution in [3.8, 4) is 0 Å². The second-order valence-electron chi connectivity index (χ2n) is 3.94. The first kappa shape index (κ1) is 14.6. The van der Waals surface area contributed by atoms with Crippen molar-refractivity contribution in [2.45, 2.75) is 19.3 Å². The summed E-state index contributed by atoms with van der Waals surface area (Å²) in [6, 6.07) is 6.58. The van der Waals surface area contributed by atoms with Crippen molar-refractivity contribution in [2.24, 2.45) is 0 Å². The Morgan fingerprint density at radius 3 is 2.11 bits per heavy atom. The number of ketones is 1. The summed E-state index contributed by atoms with van der Waals surface area (Å²) in [5.74, 6) is -2.12. The maximum Gasteiger partial charge on any atom is 0.307 e. The molecule has 0 aliphatic heterocycles. The normalized spacial score (nSPS) is 10.5. The minimum Gasteiger partial charge on any atom is -0.481 e. The van der Waals surface area contributed by atoms with Crippen LogP contribution in [-0.4, -0.2) is 27.9 Å². The molecule has 0 radical (unpaired) electrons. The minimum absolute atomic E-state index is 0.0243. The SMILES string of the molecule is O=C(O)CC=Cc1ccc(C(=O)CCC(=O)O)cc1. The molecule has 0 amide bonds. The molecule has 1 aromatic rings. The molecule has 1 aromatic carbocycles. The van der Waals surface area contributed by atoms with Crippen molar-refractivity contribution >= 4 is 23.8 Å². The van der Waals surface area contributed by atoms with Crippen LogP contribution in [0.5, 0.6) is 0 Å². The molecule has 0 heterocycles. The highest BCUT2D eigenvalue weighted by atomic mass is 16.4. The lowest BCUT2D eigenvalue weighted by molar-refractivity contribution is -0.137. The standard InChI is InChI=1S/C14H14O5/c15-12(8-9-14(18)19)11-6-4-10(5-7-11)2-1-3-13(16)17/h1-2,4-7H,3,8-9H2,(H,16,17)(H,18,19). The molecule has 0 bridgehead atoms. The largest absolute Gasteiger partial charge is 0.481 e. The highest BCUT2D eigenvalue weighted by Crippen LogP contribution is 2.10. The molecule has 0 fully saturated rings. The summed E-state index contributed by atoms with van der Waals surface area (Å²) in [4.78, 5) is 32.3. The van der Waals surface area contributed by atoms with Gasteiger partial charge >= 0.3 is 11.9 Å². The van der Waals surface area contributed by atoms with Gasteiger partial charge in [0.1, 0.15) is 0 Å². The Balaban J connectivity index is 2.60. The van der Waals surface area contributed by atoms with E-state index in [1.165, 1.54) is 6.08 Å². The Morgan fingerprint density at radius 1 is 0.947 bits per heavy atom. The fourth-order valence-corrected chi connectivity index (χ4v) is 1.44. The van der Waals surface area contributed by atoms with Gasteiger partial charge in [0.15, 0.2) is 5.78 Å². The lowest BCUT2D eigenvalue weighted by atomic mass is 10.0. The molecule has 0 aromatic heterocycles. The Morgan fingerprint density at radius 2 is 1.58 bits per heavy atom. The van der Waals surface area contributed by atoms with E-state index in [0.717, 1.165) is 5.56 Å². The van der Waals surface area contributed by atoms with E-state index in [1.807, 2.05) is 0 Å². The minimum atomic E-state index is -0.999. The number of hydrogen-bond donors (Lipinski definition) is 2. The van der Waals surface area contributed by atoms with E-state index < -0.39 is 11.9 Å². The van der Waals surface area contributed by atoms with Crippen LogP contribution in [0.2, 0.25) is 0 Å². The van der Waals surface area contributed by atoms with Gasteiger partial charge in [-0.05, 0) is 5.56 Å². The lowest BCUT2D eigenvalue weighted by Crippen LogP contribution is -2.03. The summed E-state index contributed by atoms with van der Waals surface area (Å²) >= 11 is 0.